The molecule has 0 saturated carbocycles. The minimum Gasteiger partial charge on any atom is -0.376 e. The molecule has 0 aromatic heterocycles. The quantitative estimate of drug-likeness (QED) is 0.838. The van der Waals surface area contributed by atoms with Crippen LogP contribution < -0.4 is 10.0 Å². The highest BCUT2D eigenvalue weighted by Crippen LogP contribution is 2.28. The van der Waals surface area contributed by atoms with E-state index < -0.39 is 15.6 Å². The molecule has 2 N–H and O–H groups in total. The van der Waals surface area contributed by atoms with Gasteiger partial charge >= 0.3 is 0 Å². The summed E-state index contributed by atoms with van der Waals surface area (Å²) in [7, 11) is -3.57. The van der Waals surface area contributed by atoms with E-state index in [1.165, 1.54) is 0 Å². The second-order valence-corrected chi connectivity index (χ2v) is 7.32. The van der Waals surface area contributed by atoms with Gasteiger partial charge in [0.1, 0.15) is 0 Å². The Kier molecular flexibility index (Phi) is 5.03. The van der Waals surface area contributed by atoms with Gasteiger partial charge < -0.3 is 10.1 Å². The van der Waals surface area contributed by atoms with Crippen LogP contribution in [0.2, 0.25) is 0 Å². The minimum atomic E-state index is -3.57. The molecule has 0 bridgehead atoms. The van der Waals surface area contributed by atoms with E-state index in [4.69, 9.17) is 4.74 Å². The lowest BCUT2D eigenvalue weighted by molar-refractivity contribution is 0.0957. The lowest BCUT2D eigenvalue weighted by Gasteiger charge is -2.29. The van der Waals surface area contributed by atoms with Crippen molar-refractivity contribution in [1.82, 2.24) is 10.0 Å². The molecule has 1 aliphatic rings. The molecule has 1 aromatic carbocycles. The standard InChI is InChI=1S/C15H24N2O3S/c1-4-16-11-13-7-5-6-8-14(13)21(18,19)17-15(3)9-10-20-12(15)2/h5-8,12,16-17H,4,9-11H2,1-3H3. The number of hydrogen-bond acceptors (Lipinski definition) is 4. The summed E-state index contributed by atoms with van der Waals surface area (Å²) in [6.07, 6.45) is 0.552. The number of benzene rings is 1. The van der Waals surface area contributed by atoms with E-state index >= 15 is 0 Å². The molecule has 2 rings (SSSR count). The molecular formula is C15H24N2O3S. The SMILES string of the molecule is CCNCc1ccccc1S(=O)(=O)NC1(C)CCOC1C. The molecule has 21 heavy (non-hydrogen) atoms. The molecule has 5 nitrogen and oxygen atoms in total. The van der Waals surface area contributed by atoms with Crippen molar-refractivity contribution in [2.24, 2.45) is 0 Å². The smallest absolute Gasteiger partial charge is 0.241 e. The molecule has 0 amide bonds. The first-order valence-corrected chi connectivity index (χ1v) is 8.81. The maximum absolute atomic E-state index is 12.7. The molecule has 1 fully saturated rings. The summed E-state index contributed by atoms with van der Waals surface area (Å²) in [5.41, 5.74) is 0.228. The summed E-state index contributed by atoms with van der Waals surface area (Å²) in [5, 5.41) is 3.17. The first kappa shape index (κ1) is 16.4. The van der Waals surface area contributed by atoms with E-state index in [1.54, 1.807) is 12.1 Å². The number of rotatable bonds is 6. The van der Waals surface area contributed by atoms with Crippen molar-refractivity contribution >= 4 is 10.0 Å². The fourth-order valence-corrected chi connectivity index (χ4v) is 4.24. The highest BCUT2D eigenvalue weighted by molar-refractivity contribution is 7.89. The zero-order valence-electron chi connectivity index (χ0n) is 12.8. The monoisotopic (exact) mass is 312 g/mol. The maximum atomic E-state index is 12.7. The van der Waals surface area contributed by atoms with E-state index in [2.05, 4.69) is 10.0 Å². The highest BCUT2D eigenvalue weighted by Gasteiger charge is 2.40. The minimum absolute atomic E-state index is 0.131. The van der Waals surface area contributed by atoms with Gasteiger partial charge in [-0.1, -0.05) is 25.1 Å². The van der Waals surface area contributed by atoms with Crippen molar-refractivity contribution in [3.05, 3.63) is 29.8 Å². The van der Waals surface area contributed by atoms with Crippen LogP contribution in [0.15, 0.2) is 29.2 Å². The van der Waals surface area contributed by atoms with Crippen LogP contribution in [0.1, 0.15) is 32.8 Å². The molecular weight excluding hydrogens is 288 g/mol. The fraction of sp³-hybridized carbons (Fsp3) is 0.600. The van der Waals surface area contributed by atoms with Gasteiger partial charge in [-0.25, -0.2) is 13.1 Å². The lowest BCUT2D eigenvalue weighted by atomic mass is 9.97. The Morgan fingerprint density at radius 1 is 1.38 bits per heavy atom. The van der Waals surface area contributed by atoms with Crippen LogP contribution in [-0.4, -0.2) is 33.2 Å². The van der Waals surface area contributed by atoms with Crippen LogP contribution in [0.5, 0.6) is 0 Å². The largest absolute Gasteiger partial charge is 0.376 e. The Morgan fingerprint density at radius 2 is 2.10 bits per heavy atom. The first-order chi connectivity index (χ1) is 9.89. The molecule has 0 radical (unpaired) electrons. The third kappa shape index (κ3) is 3.63. The Balaban J connectivity index is 2.27. The van der Waals surface area contributed by atoms with E-state index in [0.29, 0.717) is 24.5 Å². The summed E-state index contributed by atoms with van der Waals surface area (Å²) < 4.78 is 33.8. The molecule has 1 aromatic rings. The van der Waals surface area contributed by atoms with Gasteiger partial charge in [0.15, 0.2) is 0 Å². The molecule has 6 heteroatoms. The molecule has 2 unspecified atom stereocenters. The fourth-order valence-electron chi connectivity index (χ4n) is 2.50. The van der Waals surface area contributed by atoms with E-state index in [-0.39, 0.29) is 6.10 Å². The number of hydrogen-bond donors (Lipinski definition) is 2. The van der Waals surface area contributed by atoms with E-state index in [0.717, 1.165) is 12.1 Å². The molecule has 118 valence electrons. The number of sulfonamides is 1. The summed E-state index contributed by atoms with van der Waals surface area (Å²) >= 11 is 0. The first-order valence-electron chi connectivity index (χ1n) is 7.33. The van der Waals surface area contributed by atoms with Gasteiger partial charge in [0.25, 0.3) is 0 Å². The maximum Gasteiger partial charge on any atom is 0.241 e. The average molecular weight is 312 g/mol. The van der Waals surface area contributed by atoms with Gasteiger partial charge in [-0.2, -0.15) is 0 Å². The van der Waals surface area contributed by atoms with Crippen molar-refractivity contribution in [1.29, 1.82) is 0 Å². The van der Waals surface area contributed by atoms with Crippen LogP contribution in [-0.2, 0) is 21.3 Å². The van der Waals surface area contributed by atoms with Gasteiger partial charge in [-0.3, -0.25) is 0 Å². The number of nitrogens with one attached hydrogen (secondary N) is 2. The zero-order valence-corrected chi connectivity index (χ0v) is 13.7. The summed E-state index contributed by atoms with van der Waals surface area (Å²) in [5.74, 6) is 0. The van der Waals surface area contributed by atoms with Crippen LogP contribution in [0, 0.1) is 0 Å². The predicted molar refractivity (Wildman–Crippen MR) is 82.6 cm³/mol. The van der Waals surface area contributed by atoms with Crippen LogP contribution in [0.4, 0.5) is 0 Å². The Bertz CT molecular complexity index is 588. The highest BCUT2D eigenvalue weighted by atomic mass is 32.2. The van der Waals surface area contributed by atoms with Crippen molar-refractivity contribution < 1.29 is 13.2 Å². The van der Waals surface area contributed by atoms with Crippen molar-refractivity contribution in [3.63, 3.8) is 0 Å². The Labute approximate surface area is 127 Å². The Hall–Kier alpha value is -0.950. The molecule has 2 atom stereocenters. The molecule has 1 aliphatic heterocycles. The van der Waals surface area contributed by atoms with Gasteiger partial charge in [-0.05, 0) is 38.4 Å². The zero-order chi connectivity index (χ0) is 15.5. The van der Waals surface area contributed by atoms with Crippen molar-refractivity contribution in [3.8, 4) is 0 Å². The van der Waals surface area contributed by atoms with E-state index in [1.807, 2.05) is 32.9 Å². The molecule has 0 aliphatic carbocycles. The molecule has 1 saturated heterocycles. The number of ether oxygens (including phenoxy) is 1. The van der Waals surface area contributed by atoms with Gasteiger partial charge in [0.05, 0.1) is 16.5 Å². The van der Waals surface area contributed by atoms with Gasteiger partial charge in [0.2, 0.25) is 10.0 Å². The van der Waals surface area contributed by atoms with Crippen molar-refractivity contribution in [2.45, 2.75) is 50.3 Å². The molecule has 1 heterocycles. The third-order valence-electron chi connectivity index (χ3n) is 4.08. The summed E-state index contributed by atoms with van der Waals surface area (Å²) in [6.45, 7) is 7.71. The van der Waals surface area contributed by atoms with Crippen LogP contribution in [0.3, 0.4) is 0 Å². The second kappa shape index (κ2) is 6.44. The summed E-state index contributed by atoms with van der Waals surface area (Å²) in [6, 6.07) is 7.10. The lowest BCUT2D eigenvalue weighted by Crippen LogP contribution is -2.50. The third-order valence-corrected chi connectivity index (χ3v) is 5.79. The summed E-state index contributed by atoms with van der Waals surface area (Å²) in [4.78, 5) is 0.339. The van der Waals surface area contributed by atoms with Crippen molar-refractivity contribution in [2.75, 3.05) is 13.2 Å². The van der Waals surface area contributed by atoms with Crippen LogP contribution in [0.25, 0.3) is 0 Å². The van der Waals surface area contributed by atoms with E-state index in [9.17, 15) is 8.42 Å². The van der Waals surface area contributed by atoms with Crippen LogP contribution >= 0.6 is 0 Å². The Morgan fingerprint density at radius 3 is 2.71 bits per heavy atom. The average Bonchev–Trinajstić information content (AvgIpc) is 2.75. The van der Waals surface area contributed by atoms with Gasteiger partial charge in [0, 0.05) is 13.2 Å². The molecule has 0 spiro atoms. The second-order valence-electron chi connectivity index (χ2n) is 5.67. The topological polar surface area (TPSA) is 67.4 Å². The predicted octanol–water partition coefficient (Wildman–Crippen LogP) is 1.64. The van der Waals surface area contributed by atoms with Gasteiger partial charge in [-0.15, -0.1) is 0 Å². The normalized spacial score (nSPS) is 26.1.